The zero-order valence-corrected chi connectivity index (χ0v) is 10.2. The Labute approximate surface area is 101 Å². The quantitative estimate of drug-likeness (QED) is 0.655. The van der Waals surface area contributed by atoms with Crippen molar-refractivity contribution in [1.29, 1.82) is 0 Å². The van der Waals surface area contributed by atoms with Gasteiger partial charge in [0.25, 0.3) is 0 Å². The number of nitrogens with one attached hydrogen (secondary N) is 1. The van der Waals surface area contributed by atoms with E-state index in [2.05, 4.69) is 21.2 Å². The van der Waals surface area contributed by atoms with Gasteiger partial charge in [-0.1, -0.05) is 22.0 Å². The number of hydrogen-bond donors (Lipinski definition) is 1. The summed E-state index contributed by atoms with van der Waals surface area (Å²) in [5, 5.41) is 3.45. The maximum atomic E-state index is 13.2. The zero-order chi connectivity index (χ0) is 12.0. The Morgan fingerprint density at radius 1 is 1.38 bits per heavy atom. The van der Waals surface area contributed by atoms with E-state index in [-0.39, 0.29) is 17.9 Å². The van der Waals surface area contributed by atoms with Crippen molar-refractivity contribution in [2.75, 3.05) is 11.9 Å². The average molecular weight is 292 g/mol. The van der Waals surface area contributed by atoms with Crippen LogP contribution in [0, 0.1) is 11.6 Å². The van der Waals surface area contributed by atoms with Gasteiger partial charge in [0.1, 0.15) is 11.6 Å². The summed E-state index contributed by atoms with van der Waals surface area (Å²) in [5.41, 5.74) is 0.206. The molecule has 1 N–H and O–H groups in total. The number of benzene rings is 1. The van der Waals surface area contributed by atoms with Gasteiger partial charge >= 0.3 is 0 Å². The van der Waals surface area contributed by atoms with Gasteiger partial charge in [0.05, 0.1) is 6.42 Å². The fraction of sp³-hybridized carbons (Fsp3) is 0.364. The first kappa shape index (κ1) is 13.1. The van der Waals surface area contributed by atoms with Crippen molar-refractivity contribution < 1.29 is 13.6 Å². The summed E-state index contributed by atoms with van der Waals surface area (Å²) >= 11 is 3.23. The van der Waals surface area contributed by atoms with Crippen molar-refractivity contribution in [3.8, 4) is 0 Å². The lowest BCUT2D eigenvalue weighted by Gasteiger charge is -2.05. The van der Waals surface area contributed by atoms with Crippen LogP contribution < -0.4 is 5.32 Å². The third kappa shape index (κ3) is 4.26. The molecule has 0 radical (unpaired) electrons. The van der Waals surface area contributed by atoms with E-state index < -0.39 is 11.6 Å². The maximum absolute atomic E-state index is 13.2. The average Bonchev–Trinajstić information content (AvgIpc) is 2.23. The standard InChI is InChI=1S/C11H12BrF2NO/c12-4-1-5-15-11(16)6-8-2-3-9(13)7-10(8)14/h2-3,7H,1,4-6H2,(H,15,16). The van der Waals surface area contributed by atoms with Crippen molar-refractivity contribution in [2.24, 2.45) is 0 Å². The van der Waals surface area contributed by atoms with Crippen LogP contribution in [0.2, 0.25) is 0 Å². The van der Waals surface area contributed by atoms with E-state index in [1.807, 2.05) is 0 Å². The predicted molar refractivity (Wildman–Crippen MR) is 61.5 cm³/mol. The number of halogens is 3. The largest absolute Gasteiger partial charge is 0.356 e. The van der Waals surface area contributed by atoms with Gasteiger partial charge in [-0.15, -0.1) is 0 Å². The Morgan fingerprint density at radius 2 is 2.12 bits per heavy atom. The van der Waals surface area contributed by atoms with Gasteiger partial charge in [-0.2, -0.15) is 0 Å². The molecule has 0 saturated carbocycles. The SMILES string of the molecule is O=C(Cc1ccc(F)cc1F)NCCCBr. The lowest BCUT2D eigenvalue weighted by atomic mass is 10.1. The molecule has 0 aromatic heterocycles. The molecule has 1 amide bonds. The molecule has 88 valence electrons. The van der Waals surface area contributed by atoms with Crippen LogP contribution >= 0.6 is 15.9 Å². The summed E-state index contributed by atoms with van der Waals surface area (Å²) in [4.78, 5) is 11.3. The molecule has 0 heterocycles. The second-order valence-corrected chi connectivity index (χ2v) is 4.10. The smallest absolute Gasteiger partial charge is 0.224 e. The highest BCUT2D eigenvalue weighted by Crippen LogP contribution is 2.09. The first-order valence-electron chi connectivity index (χ1n) is 4.90. The summed E-state index contributed by atoms with van der Waals surface area (Å²) in [6, 6.07) is 3.21. The van der Waals surface area contributed by atoms with Gasteiger partial charge < -0.3 is 5.32 Å². The molecule has 0 fully saturated rings. The Hall–Kier alpha value is -0.970. The summed E-state index contributed by atoms with van der Waals surface area (Å²) in [7, 11) is 0. The maximum Gasteiger partial charge on any atom is 0.224 e. The molecule has 0 aliphatic carbocycles. The van der Waals surface area contributed by atoms with E-state index in [1.165, 1.54) is 6.07 Å². The molecular formula is C11H12BrF2NO. The number of amides is 1. The molecule has 0 saturated heterocycles. The van der Waals surface area contributed by atoms with Gasteiger partial charge in [0, 0.05) is 17.9 Å². The third-order valence-corrected chi connectivity index (χ3v) is 2.56. The monoisotopic (exact) mass is 291 g/mol. The molecule has 1 aromatic rings. The van der Waals surface area contributed by atoms with Crippen molar-refractivity contribution in [3.63, 3.8) is 0 Å². The first-order valence-corrected chi connectivity index (χ1v) is 6.02. The lowest BCUT2D eigenvalue weighted by Crippen LogP contribution is -2.26. The Morgan fingerprint density at radius 3 is 2.75 bits per heavy atom. The Balaban J connectivity index is 2.49. The lowest BCUT2D eigenvalue weighted by molar-refractivity contribution is -0.120. The molecule has 0 unspecified atom stereocenters. The van der Waals surface area contributed by atoms with Gasteiger partial charge in [0.2, 0.25) is 5.91 Å². The minimum Gasteiger partial charge on any atom is -0.356 e. The summed E-state index contributed by atoms with van der Waals surface area (Å²) < 4.78 is 25.8. The summed E-state index contributed by atoms with van der Waals surface area (Å²) in [5.74, 6) is -1.58. The molecule has 2 nitrogen and oxygen atoms in total. The molecule has 1 aromatic carbocycles. The number of hydrogen-bond acceptors (Lipinski definition) is 1. The highest BCUT2D eigenvalue weighted by atomic mass is 79.9. The Kier molecular flexibility index (Phi) is 5.38. The van der Waals surface area contributed by atoms with Crippen LogP contribution in [0.3, 0.4) is 0 Å². The van der Waals surface area contributed by atoms with Crippen LogP contribution in [0.25, 0.3) is 0 Å². The molecule has 0 aliphatic rings. The van der Waals surface area contributed by atoms with E-state index in [1.54, 1.807) is 0 Å². The number of rotatable bonds is 5. The summed E-state index contributed by atoms with van der Waals surface area (Å²) in [6.45, 7) is 0.549. The normalized spacial score (nSPS) is 10.2. The molecule has 16 heavy (non-hydrogen) atoms. The van der Waals surface area contributed by atoms with E-state index in [0.717, 1.165) is 23.9 Å². The van der Waals surface area contributed by atoms with Crippen LogP contribution in [0.15, 0.2) is 18.2 Å². The molecule has 0 spiro atoms. The van der Waals surface area contributed by atoms with Crippen LogP contribution in [0.4, 0.5) is 8.78 Å². The van der Waals surface area contributed by atoms with Gasteiger partial charge in [0.15, 0.2) is 0 Å². The van der Waals surface area contributed by atoms with E-state index in [0.29, 0.717) is 6.54 Å². The third-order valence-electron chi connectivity index (χ3n) is 2.00. The van der Waals surface area contributed by atoms with E-state index in [9.17, 15) is 13.6 Å². The van der Waals surface area contributed by atoms with Crippen LogP contribution in [-0.4, -0.2) is 17.8 Å². The molecule has 0 aliphatic heterocycles. The minimum atomic E-state index is -0.685. The molecule has 0 bridgehead atoms. The number of carbonyl (C=O) groups excluding carboxylic acids is 1. The fourth-order valence-electron chi connectivity index (χ4n) is 1.20. The van der Waals surface area contributed by atoms with E-state index >= 15 is 0 Å². The number of carbonyl (C=O) groups is 1. The van der Waals surface area contributed by atoms with Crippen LogP contribution in [0.5, 0.6) is 0 Å². The van der Waals surface area contributed by atoms with Crippen LogP contribution in [0.1, 0.15) is 12.0 Å². The van der Waals surface area contributed by atoms with Crippen molar-refractivity contribution in [3.05, 3.63) is 35.4 Å². The van der Waals surface area contributed by atoms with Gasteiger partial charge in [-0.25, -0.2) is 8.78 Å². The Bertz CT molecular complexity index is 371. The zero-order valence-electron chi connectivity index (χ0n) is 8.60. The van der Waals surface area contributed by atoms with Crippen molar-refractivity contribution in [2.45, 2.75) is 12.8 Å². The van der Waals surface area contributed by atoms with E-state index in [4.69, 9.17) is 0 Å². The molecule has 0 atom stereocenters. The molecule has 1 rings (SSSR count). The predicted octanol–water partition coefficient (Wildman–Crippen LogP) is 2.41. The number of alkyl halides is 1. The molecule has 5 heteroatoms. The minimum absolute atomic E-state index is 0.0611. The van der Waals surface area contributed by atoms with Gasteiger partial charge in [-0.3, -0.25) is 4.79 Å². The highest BCUT2D eigenvalue weighted by molar-refractivity contribution is 9.09. The van der Waals surface area contributed by atoms with Crippen molar-refractivity contribution in [1.82, 2.24) is 5.32 Å². The second kappa shape index (κ2) is 6.58. The topological polar surface area (TPSA) is 29.1 Å². The second-order valence-electron chi connectivity index (χ2n) is 3.30. The summed E-state index contributed by atoms with van der Waals surface area (Å²) in [6.07, 6.45) is 0.756. The van der Waals surface area contributed by atoms with Gasteiger partial charge in [-0.05, 0) is 18.1 Å². The fourth-order valence-corrected chi connectivity index (χ4v) is 1.48. The first-order chi connectivity index (χ1) is 7.63. The molecular weight excluding hydrogens is 280 g/mol. The highest BCUT2D eigenvalue weighted by Gasteiger charge is 2.08. The van der Waals surface area contributed by atoms with Crippen molar-refractivity contribution >= 4 is 21.8 Å². The van der Waals surface area contributed by atoms with Crippen LogP contribution in [-0.2, 0) is 11.2 Å².